The minimum atomic E-state index is -0.216. The Kier molecular flexibility index (Phi) is 6.49. The van der Waals surface area contributed by atoms with E-state index in [9.17, 15) is 9.59 Å². The number of likely N-dealkylation sites (tertiary alicyclic amines) is 1. The molecule has 1 atom stereocenters. The van der Waals surface area contributed by atoms with Crippen molar-refractivity contribution in [2.45, 2.75) is 24.9 Å². The van der Waals surface area contributed by atoms with Gasteiger partial charge in [0.05, 0.1) is 18.3 Å². The van der Waals surface area contributed by atoms with Crippen molar-refractivity contribution in [3.63, 3.8) is 0 Å². The van der Waals surface area contributed by atoms with Crippen LogP contribution in [0.5, 0.6) is 0 Å². The van der Waals surface area contributed by atoms with Gasteiger partial charge in [-0.2, -0.15) is 0 Å². The number of carbonyl (C=O) groups is 2. The van der Waals surface area contributed by atoms with Crippen molar-refractivity contribution >= 4 is 23.6 Å². The predicted molar refractivity (Wildman–Crippen MR) is 103 cm³/mol. The summed E-state index contributed by atoms with van der Waals surface area (Å²) in [5.74, 6) is 0.635. The molecule has 1 aromatic heterocycles. The molecule has 1 amide bonds. The summed E-state index contributed by atoms with van der Waals surface area (Å²) in [5.41, 5.74) is 0.985. The standard InChI is InChI=1S/C19H24N4O3S/c1-3-26-18(25)15-10-7-11-23(12-15)16(24)13-27-19-21-20-17(22(19)2)14-8-5-4-6-9-14/h4-6,8-9,15H,3,7,10-13H2,1-2H3/t15-/m0/s1. The van der Waals surface area contributed by atoms with Gasteiger partial charge in [-0.3, -0.25) is 9.59 Å². The number of nitrogens with zero attached hydrogens (tertiary/aromatic N) is 4. The van der Waals surface area contributed by atoms with Gasteiger partial charge in [0.15, 0.2) is 11.0 Å². The molecular formula is C19H24N4O3S. The van der Waals surface area contributed by atoms with Gasteiger partial charge in [-0.25, -0.2) is 0 Å². The Labute approximate surface area is 163 Å². The molecule has 1 saturated heterocycles. The summed E-state index contributed by atoms with van der Waals surface area (Å²) >= 11 is 1.37. The number of ether oxygens (including phenoxy) is 1. The van der Waals surface area contributed by atoms with Crippen LogP contribution in [0.3, 0.4) is 0 Å². The number of hydrogen-bond acceptors (Lipinski definition) is 6. The molecule has 1 aliphatic heterocycles. The lowest BCUT2D eigenvalue weighted by Crippen LogP contribution is -2.43. The number of piperidine rings is 1. The zero-order chi connectivity index (χ0) is 19.2. The van der Waals surface area contributed by atoms with Gasteiger partial charge in [-0.1, -0.05) is 42.1 Å². The van der Waals surface area contributed by atoms with Gasteiger partial charge in [-0.15, -0.1) is 10.2 Å². The SMILES string of the molecule is CCOC(=O)[C@H]1CCCN(C(=O)CSc2nnc(-c3ccccc3)n2C)C1. The topological polar surface area (TPSA) is 77.3 Å². The maximum absolute atomic E-state index is 12.6. The van der Waals surface area contributed by atoms with E-state index in [-0.39, 0.29) is 23.5 Å². The number of aromatic nitrogens is 3. The maximum atomic E-state index is 12.6. The highest BCUT2D eigenvalue weighted by Gasteiger charge is 2.29. The largest absolute Gasteiger partial charge is 0.466 e. The fourth-order valence-electron chi connectivity index (χ4n) is 3.15. The lowest BCUT2D eigenvalue weighted by Gasteiger charge is -2.31. The van der Waals surface area contributed by atoms with E-state index in [4.69, 9.17) is 4.74 Å². The average molecular weight is 388 g/mol. The highest BCUT2D eigenvalue weighted by atomic mass is 32.2. The molecule has 0 bridgehead atoms. The molecule has 0 N–H and O–H groups in total. The molecule has 144 valence electrons. The van der Waals surface area contributed by atoms with Crippen molar-refractivity contribution in [3.8, 4) is 11.4 Å². The second kappa shape index (κ2) is 9.03. The third-order valence-corrected chi connectivity index (χ3v) is 5.59. The zero-order valence-electron chi connectivity index (χ0n) is 15.6. The summed E-state index contributed by atoms with van der Waals surface area (Å²) < 4.78 is 6.99. The van der Waals surface area contributed by atoms with Crippen LogP contribution in [0, 0.1) is 5.92 Å². The number of amides is 1. The fourth-order valence-corrected chi connectivity index (χ4v) is 3.97. The first-order valence-electron chi connectivity index (χ1n) is 9.12. The maximum Gasteiger partial charge on any atom is 0.310 e. The van der Waals surface area contributed by atoms with Gasteiger partial charge < -0.3 is 14.2 Å². The van der Waals surface area contributed by atoms with Gasteiger partial charge in [-0.05, 0) is 19.8 Å². The lowest BCUT2D eigenvalue weighted by atomic mass is 9.98. The molecular weight excluding hydrogens is 364 g/mol. The van der Waals surface area contributed by atoms with Crippen LogP contribution in [0.25, 0.3) is 11.4 Å². The van der Waals surface area contributed by atoms with Gasteiger partial charge in [0.2, 0.25) is 5.91 Å². The molecule has 2 heterocycles. The fraction of sp³-hybridized carbons (Fsp3) is 0.474. The van der Waals surface area contributed by atoms with Crippen molar-refractivity contribution < 1.29 is 14.3 Å². The Bertz CT molecular complexity index is 794. The third-order valence-electron chi connectivity index (χ3n) is 4.59. The number of esters is 1. The normalized spacial score (nSPS) is 17.0. The molecule has 1 aromatic carbocycles. The molecule has 0 unspecified atom stereocenters. The second-order valence-corrected chi connectivity index (χ2v) is 7.39. The highest BCUT2D eigenvalue weighted by Crippen LogP contribution is 2.24. The average Bonchev–Trinajstić information content (AvgIpc) is 3.07. The monoisotopic (exact) mass is 388 g/mol. The highest BCUT2D eigenvalue weighted by molar-refractivity contribution is 7.99. The first kappa shape index (κ1) is 19.4. The summed E-state index contributed by atoms with van der Waals surface area (Å²) in [4.78, 5) is 26.3. The quantitative estimate of drug-likeness (QED) is 0.559. The van der Waals surface area contributed by atoms with Gasteiger partial charge in [0.1, 0.15) is 0 Å². The Morgan fingerprint density at radius 2 is 2.04 bits per heavy atom. The summed E-state index contributed by atoms with van der Waals surface area (Å²) in [6, 6.07) is 9.82. The van der Waals surface area contributed by atoms with Crippen LogP contribution in [-0.2, 0) is 21.4 Å². The Hall–Kier alpha value is -2.35. The van der Waals surface area contributed by atoms with Crippen LogP contribution in [0.4, 0.5) is 0 Å². The number of benzene rings is 1. The lowest BCUT2D eigenvalue weighted by molar-refractivity contribution is -0.151. The van der Waals surface area contributed by atoms with Crippen LogP contribution in [0.15, 0.2) is 35.5 Å². The zero-order valence-corrected chi connectivity index (χ0v) is 16.4. The van der Waals surface area contributed by atoms with Crippen molar-refractivity contribution in [3.05, 3.63) is 30.3 Å². The van der Waals surface area contributed by atoms with E-state index in [1.165, 1.54) is 11.8 Å². The van der Waals surface area contributed by atoms with Crippen LogP contribution < -0.4 is 0 Å². The van der Waals surface area contributed by atoms with E-state index < -0.39 is 0 Å². The van der Waals surface area contributed by atoms with Crippen molar-refractivity contribution in [2.75, 3.05) is 25.4 Å². The molecule has 0 spiro atoms. The van der Waals surface area contributed by atoms with E-state index >= 15 is 0 Å². The summed E-state index contributed by atoms with van der Waals surface area (Å²) in [5, 5.41) is 9.14. The summed E-state index contributed by atoms with van der Waals surface area (Å²) in [6.45, 7) is 3.29. The minimum absolute atomic E-state index is 0.0123. The van der Waals surface area contributed by atoms with Crippen molar-refractivity contribution in [2.24, 2.45) is 13.0 Å². The number of thioether (sulfide) groups is 1. The molecule has 0 aliphatic carbocycles. The number of hydrogen-bond donors (Lipinski definition) is 0. The minimum Gasteiger partial charge on any atom is -0.466 e. The molecule has 0 radical (unpaired) electrons. The van der Waals surface area contributed by atoms with Crippen molar-refractivity contribution in [1.82, 2.24) is 19.7 Å². The molecule has 7 nitrogen and oxygen atoms in total. The van der Waals surface area contributed by atoms with E-state index in [1.54, 1.807) is 11.8 Å². The second-order valence-electron chi connectivity index (χ2n) is 6.45. The number of carbonyl (C=O) groups excluding carboxylic acids is 2. The van der Waals surface area contributed by atoms with E-state index in [0.29, 0.717) is 24.9 Å². The Morgan fingerprint density at radius 1 is 1.26 bits per heavy atom. The molecule has 0 saturated carbocycles. The first-order chi connectivity index (χ1) is 13.1. The molecule has 1 fully saturated rings. The Morgan fingerprint density at radius 3 is 2.78 bits per heavy atom. The molecule has 2 aromatic rings. The van der Waals surface area contributed by atoms with E-state index in [0.717, 1.165) is 24.2 Å². The van der Waals surface area contributed by atoms with Gasteiger partial charge >= 0.3 is 5.97 Å². The summed E-state index contributed by atoms with van der Waals surface area (Å²) in [6.07, 6.45) is 1.60. The smallest absolute Gasteiger partial charge is 0.310 e. The van der Waals surface area contributed by atoms with Crippen LogP contribution in [0.1, 0.15) is 19.8 Å². The first-order valence-corrected chi connectivity index (χ1v) is 10.1. The third kappa shape index (κ3) is 4.68. The molecule has 27 heavy (non-hydrogen) atoms. The summed E-state index contributed by atoms with van der Waals surface area (Å²) in [7, 11) is 1.90. The van der Waals surface area contributed by atoms with Gasteiger partial charge in [0.25, 0.3) is 0 Å². The molecule has 1 aliphatic rings. The van der Waals surface area contributed by atoms with E-state index in [1.807, 2.05) is 41.9 Å². The Balaban J connectivity index is 1.58. The van der Waals surface area contributed by atoms with Gasteiger partial charge in [0, 0.05) is 25.7 Å². The number of rotatable bonds is 6. The van der Waals surface area contributed by atoms with Crippen molar-refractivity contribution in [1.29, 1.82) is 0 Å². The molecule has 3 rings (SSSR count). The van der Waals surface area contributed by atoms with E-state index in [2.05, 4.69) is 10.2 Å². The predicted octanol–water partition coefficient (Wildman–Crippen LogP) is 2.38. The molecule has 8 heteroatoms. The van der Waals surface area contributed by atoms with Crippen LogP contribution >= 0.6 is 11.8 Å². The van der Waals surface area contributed by atoms with Crippen LogP contribution in [0.2, 0.25) is 0 Å². The van der Waals surface area contributed by atoms with Crippen LogP contribution in [-0.4, -0.2) is 57.0 Å².